The lowest BCUT2D eigenvalue weighted by Gasteiger charge is -2.25. The molecule has 80 valence electrons. The second-order valence-corrected chi connectivity index (χ2v) is 2.95. The summed E-state index contributed by atoms with van der Waals surface area (Å²) in [7, 11) is 0. The Balaban J connectivity index is 4.01. The smallest absolute Gasteiger partial charge is 0.178 e. The largest absolute Gasteiger partial charge is 0.391 e. The monoisotopic (exact) mass is 194 g/mol. The number of rotatable bonds is 6. The molecule has 5 heteroatoms. The highest BCUT2D eigenvalue weighted by molar-refractivity contribution is 4.72. The SMILES string of the molecule is CCC(OC(O)CO)C(O)C(C)O. The maximum Gasteiger partial charge on any atom is 0.178 e. The summed E-state index contributed by atoms with van der Waals surface area (Å²) in [4.78, 5) is 0. The standard InChI is InChI=1S/C8H18O5/c1-3-6(8(12)5(2)10)13-7(11)4-9/h5-12H,3-4H2,1-2H3. The van der Waals surface area contributed by atoms with Gasteiger partial charge in [-0.3, -0.25) is 0 Å². The van der Waals surface area contributed by atoms with Crippen LogP contribution in [0.1, 0.15) is 20.3 Å². The maximum absolute atomic E-state index is 9.36. The van der Waals surface area contributed by atoms with Gasteiger partial charge in [0.25, 0.3) is 0 Å². The maximum atomic E-state index is 9.36. The third-order valence-electron chi connectivity index (χ3n) is 1.77. The summed E-state index contributed by atoms with van der Waals surface area (Å²) in [6.45, 7) is 2.66. The molecule has 4 unspecified atom stereocenters. The molecule has 0 fully saturated rings. The van der Waals surface area contributed by atoms with Crippen molar-refractivity contribution in [2.24, 2.45) is 0 Å². The van der Waals surface area contributed by atoms with Gasteiger partial charge >= 0.3 is 0 Å². The van der Waals surface area contributed by atoms with Crippen molar-refractivity contribution in [3.05, 3.63) is 0 Å². The lowest BCUT2D eigenvalue weighted by molar-refractivity contribution is -0.192. The van der Waals surface area contributed by atoms with E-state index in [1.807, 2.05) is 0 Å². The van der Waals surface area contributed by atoms with Crippen LogP contribution >= 0.6 is 0 Å². The van der Waals surface area contributed by atoms with E-state index in [1.165, 1.54) is 6.92 Å². The van der Waals surface area contributed by atoms with Gasteiger partial charge < -0.3 is 25.2 Å². The molecule has 0 saturated heterocycles. The Morgan fingerprint density at radius 1 is 1.23 bits per heavy atom. The summed E-state index contributed by atoms with van der Waals surface area (Å²) < 4.78 is 4.87. The Morgan fingerprint density at radius 3 is 2.08 bits per heavy atom. The fraction of sp³-hybridized carbons (Fsp3) is 1.00. The van der Waals surface area contributed by atoms with E-state index in [-0.39, 0.29) is 0 Å². The molecule has 0 spiro atoms. The summed E-state index contributed by atoms with van der Waals surface area (Å²) in [5.41, 5.74) is 0. The van der Waals surface area contributed by atoms with E-state index >= 15 is 0 Å². The Kier molecular flexibility index (Phi) is 6.19. The molecule has 0 bridgehead atoms. The first kappa shape index (κ1) is 12.8. The van der Waals surface area contributed by atoms with Gasteiger partial charge in [-0.15, -0.1) is 0 Å². The van der Waals surface area contributed by atoms with Crippen LogP contribution in [-0.4, -0.2) is 51.6 Å². The van der Waals surface area contributed by atoms with Crippen molar-refractivity contribution < 1.29 is 25.2 Å². The lowest BCUT2D eigenvalue weighted by atomic mass is 10.1. The van der Waals surface area contributed by atoms with E-state index < -0.39 is 31.2 Å². The third-order valence-corrected chi connectivity index (χ3v) is 1.77. The van der Waals surface area contributed by atoms with Crippen molar-refractivity contribution in [1.29, 1.82) is 0 Å². The summed E-state index contributed by atoms with van der Waals surface area (Å²) in [5, 5.41) is 35.8. The summed E-state index contributed by atoms with van der Waals surface area (Å²) >= 11 is 0. The van der Waals surface area contributed by atoms with E-state index in [9.17, 15) is 5.11 Å². The van der Waals surface area contributed by atoms with Crippen molar-refractivity contribution >= 4 is 0 Å². The zero-order valence-corrected chi connectivity index (χ0v) is 7.92. The second kappa shape index (κ2) is 6.28. The second-order valence-electron chi connectivity index (χ2n) is 2.95. The Morgan fingerprint density at radius 2 is 1.77 bits per heavy atom. The molecule has 0 aromatic carbocycles. The average molecular weight is 194 g/mol. The third kappa shape index (κ3) is 4.54. The van der Waals surface area contributed by atoms with Crippen molar-refractivity contribution in [1.82, 2.24) is 0 Å². The highest BCUT2D eigenvalue weighted by Gasteiger charge is 2.24. The van der Waals surface area contributed by atoms with Gasteiger partial charge in [-0.05, 0) is 13.3 Å². The zero-order valence-electron chi connectivity index (χ0n) is 7.92. The van der Waals surface area contributed by atoms with Gasteiger partial charge in [-0.2, -0.15) is 0 Å². The predicted octanol–water partition coefficient (Wildman–Crippen LogP) is -1.17. The number of ether oxygens (including phenoxy) is 1. The Hall–Kier alpha value is -0.200. The van der Waals surface area contributed by atoms with E-state index in [4.69, 9.17) is 20.1 Å². The Bertz CT molecular complexity index is 128. The van der Waals surface area contributed by atoms with Gasteiger partial charge in [0.05, 0.1) is 18.8 Å². The van der Waals surface area contributed by atoms with E-state index in [0.717, 1.165) is 0 Å². The highest BCUT2D eigenvalue weighted by Crippen LogP contribution is 2.09. The van der Waals surface area contributed by atoms with Gasteiger partial charge in [-0.25, -0.2) is 0 Å². The zero-order chi connectivity index (χ0) is 10.4. The quantitative estimate of drug-likeness (QED) is 0.400. The molecule has 0 aromatic rings. The minimum Gasteiger partial charge on any atom is -0.391 e. The van der Waals surface area contributed by atoms with Crippen molar-refractivity contribution in [3.63, 3.8) is 0 Å². The number of hydrogen-bond donors (Lipinski definition) is 4. The summed E-state index contributed by atoms with van der Waals surface area (Å²) in [6.07, 6.45) is -3.49. The summed E-state index contributed by atoms with van der Waals surface area (Å²) in [5.74, 6) is 0. The first-order valence-electron chi connectivity index (χ1n) is 4.33. The molecule has 0 rings (SSSR count). The van der Waals surface area contributed by atoms with Crippen LogP contribution in [0.4, 0.5) is 0 Å². The van der Waals surface area contributed by atoms with Gasteiger partial charge in [0, 0.05) is 0 Å². The topological polar surface area (TPSA) is 90.2 Å². The number of hydrogen-bond acceptors (Lipinski definition) is 5. The predicted molar refractivity (Wildman–Crippen MR) is 45.9 cm³/mol. The first-order chi connectivity index (χ1) is 6.02. The van der Waals surface area contributed by atoms with Crippen LogP contribution in [0.2, 0.25) is 0 Å². The fourth-order valence-corrected chi connectivity index (χ4v) is 0.974. The highest BCUT2D eigenvalue weighted by atomic mass is 16.6. The minimum absolute atomic E-state index is 0.448. The van der Waals surface area contributed by atoms with Crippen molar-refractivity contribution in [3.8, 4) is 0 Å². The van der Waals surface area contributed by atoms with Crippen LogP contribution in [0.5, 0.6) is 0 Å². The van der Waals surface area contributed by atoms with E-state index in [1.54, 1.807) is 6.92 Å². The van der Waals surface area contributed by atoms with Crippen molar-refractivity contribution in [2.45, 2.75) is 44.9 Å². The summed E-state index contributed by atoms with van der Waals surface area (Å²) in [6, 6.07) is 0. The van der Waals surface area contributed by atoms with Gasteiger partial charge in [0.15, 0.2) is 6.29 Å². The van der Waals surface area contributed by atoms with Gasteiger partial charge in [0.1, 0.15) is 6.10 Å². The van der Waals surface area contributed by atoms with Crippen LogP contribution in [0.25, 0.3) is 0 Å². The molecule has 0 saturated carbocycles. The number of aliphatic hydroxyl groups is 4. The van der Waals surface area contributed by atoms with Crippen LogP contribution < -0.4 is 0 Å². The van der Waals surface area contributed by atoms with E-state index in [2.05, 4.69) is 0 Å². The molecule has 0 radical (unpaired) electrons. The molecule has 0 heterocycles. The lowest BCUT2D eigenvalue weighted by Crippen LogP contribution is -2.40. The minimum atomic E-state index is -1.31. The molecule has 0 aliphatic rings. The van der Waals surface area contributed by atoms with Crippen LogP contribution in [-0.2, 0) is 4.74 Å². The molecule has 0 aliphatic carbocycles. The van der Waals surface area contributed by atoms with Gasteiger partial charge in [-0.1, -0.05) is 6.92 Å². The van der Waals surface area contributed by atoms with Crippen LogP contribution in [0, 0.1) is 0 Å². The molecule has 13 heavy (non-hydrogen) atoms. The average Bonchev–Trinajstić information content (AvgIpc) is 2.12. The molecule has 4 atom stereocenters. The first-order valence-corrected chi connectivity index (χ1v) is 4.33. The molecule has 0 aromatic heterocycles. The number of aliphatic hydroxyl groups excluding tert-OH is 4. The molecule has 4 N–H and O–H groups in total. The van der Waals surface area contributed by atoms with Crippen molar-refractivity contribution in [2.75, 3.05) is 6.61 Å². The van der Waals surface area contributed by atoms with Gasteiger partial charge in [0.2, 0.25) is 0 Å². The van der Waals surface area contributed by atoms with Crippen LogP contribution in [0.3, 0.4) is 0 Å². The van der Waals surface area contributed by atoms with Crippen LogP contribution in [0.15, 0.2) is 0 Å². The van der Waals surface area contributed by atoms with E-state index in [0.29, 0.717) is 6.42 Å². The molecular weight excluding hydrogens is 176 g/mol. The molecule has 0 amide bonds. The molecule has 0 aliphatic heterocycles. The Labute approximate surface area is 77.6 Å². The molecular formula is C8H18O5. The normalized spacial score (nSPS) is 20.8. The fourth-order valence-electron chi connectivity index (χ4n) is 0.974. The molecule has 5 nitrogen and oxygen atoms in total.